The van der Waals surface area contributed by atoms with Crippen molar-refractivity contribution in [3.05, 3.63) is 24.3 Å². The molecule has 0 spiro atoms. The summed E-state index contributed by atoms with van der Waals surface area (Å²) in [5.74, 6) is 0. The summed E-state index contributed by atoms with van der Waals surface area (Å²) in [6.45, 7) is -0.147. The summed E-state index contributed by atoms with van der Waals surface area (Å²) in [4.78, 5) is 12.5. The third-order valence-electron chi connectivity index (χ3n) is 3.03. The zero-order chi connectivity index (χ0) is 13.5. The van der Waals surface area contributed by atoms with E-state index in [2.05, 4.69) is 5.32 Å². The number of thioether (sulfide) groups is 1. The number of nitrogens with one attached hydrogen (secondary N) is 1. The maximum atomic E-state index is 11.3. The molecule has 0 aliphatic heterocycles. The van der Waals surface area contributed by atoms with Gasteiger partial charge in [-0.1, -0.05) is 12.8 Å². The highest BCUT2D eigenvalue weighted by atomic mass is 32.2. The van der Waals surface area contributed by atoms with Crippen LogP contribution >= 0.6 is 11.8 Å². The third kappa shape index (κ3) is 4.76. The van der Waals surface area contributed by atoms with Gasteiger partial charge in [0.05, 0.1) is 6.61 Å². The number of hydrogen-bond donors (Lipinski definition) is 2. The number of carbonyl (C=O) groups excluding carboxylic acids is 1. The van der Waals surface area contributed by atoms with Gasteiger partial charge in [-0.3, -0.25) is 5.32 Å². The van der Waals surface area contributed by atoms with E-state index in [1.54, 1.807) is 0 Å². The van der Waals surface area contributed by atoms with Crippen molar-refractivity contribution in [2.45, 2.75) is 35.8 Å². The Kier molecular flexibility index (Phi) is 5.54. The van der Waals surface area contributed by atoms with Crippen LogP contribution in [0, 0.1) is 0 Å². The molecule has 1 aliphatic carbocycles. The maximum Gasteiger partial charge on any atom is 0.411 e. The molecule has 1 aromatic carbocycles. The summed E-state index contributed by atoms with van der Waals surface area (Å²) in [7, 11) is 0. The number of benzene rings is 1. The molecule has 1 fully saturated rings. The van der Waals surface area contributed by atoms with Crippen molar-refractivity contribution in [2.75, 3.05) is 18.5 Å². The lowest BCUT2D eigenvalue weighted by Crippen LogP contribution is -2.15. The minimum atomic E-state index is -0.537. The molecule has 19 heavy (non-hydrogen) atoms. The first-order valence-electron chi connectivity index (χ1n) is 6.59. The Labute approximate surface area is 117 Å². The van der Waals surface area contributed by atoms with E-state index in [0.717, 1.165) is 5.25 Å². The molecule has 0 heterocycles. The van der Waals surface area contributed by atoms with Gasteiger partial charge in [0, 0.05) is 15.8 Å². The Balaban J connectivity index is 1.82. The van der Waals surface area contributed by atoms with E-state index in [0.29, 0.717) is 5.69 Å². The van der Waals surface area contributed by atoms with Crippen LogP contribution in [0.15, 0.2) is 29.2 Å². The monoisotopic (exact) mass is 281 g/mol. The van der Waals surface area contributed by atoms with Crippen molar-refractivity contribution < 1.29 is 14.6 Å². The molecule has 0 radical (unpaired) electrons. The van der Waals surface area contributed by atoms with Crippen LogP contribution in [0.1, 0.15) is 25.7 Å². The Morgan fingerprint density at radius 2 is 2.00 bits per heavy atom. The van der Waals surface area contributed by atoms with Gasteiger partial charge in [0.25, 0.3) is 0 Å². The summed E-state index contributed by atoms with van der Waals surface area (Å²) in [6, 6.07) is 7.78. The van der Waals surface area contributed by atoms with Crippen molar-refractivity contribution >= 4 is 23.5 Å². The molecule has 1 aliphatic rings. The molecule has 5 heteroatoms. The molecule has 0 saturated heterocycles. The first-order chi connectivity index (χ1) is 9.28. The molecule has 4 nitrogen and oxygen atoms in total. The SMILES string of the molecule is O=C(Nc1ccc(SC2CCCC2)cc1)OCCO. The van der Waals surface area contributed by atoms with Gasteiger partial charge in [0.15, 0.2) is 0 Å². The van der Waals surface area contributed by atoms with Crippen LogP contribution in [0.5, 0.6) is 0 Å². The van der Waals surface area contributed by atoms with Crippen LogP contribution in [0.25, 0.3) is 0 Å². The molecule has 0 unspecified atom stereocenters. The van der Waals surface area contributed by atoms with E-state index >= 15 is 0 Å². The molecule has 2 rings (SSSR count). The van der Waals surface area contributed by atoms with E-state index in [4.69, 9.17) is 9.84 Å². The zero-order valence-electron chi connectivity index (χ0n) is 10.8. The molecule has 1 saturated carbocycles. The highest BCUT2D eigenvalue weighted by Gasteiger charge is 2.15. The molecular weight excluding hydrogens is 262 g/mol. The topological polar surface area (TPSA) is 58.6 Å². The lowest BCUT2D eigenvalue weighted by atomic mass is 10.3. The van der Waals surface area contributed by atoms with Crippen LogP contribution in [0.3, 0.4) is 0 Å². The Morgan fingerprint density at radius 1 is 1.32 bits per heavy atom. The van der Waals surface area contributed by atoms with Gasteiger partial charge in [-0.2, -0.15) is 0 Å². The quantitative estimate of drug-likeness (QED) is 0.869. The minimum Gasteiger partial charge on any atom is -0.447 e. The first-order valence-corrected chi connectivity index (χ1v) is 7.47. The Bertz CT molecular complexity index is 402. The number of carbonyl (C=O) groups is 1. The predicted molar refractivity (Wildman–Crippen MR) is 76.6 cm³/mol. The zero-order valence-corrected chi connectivity index (χ0v) is 11.6. The van der Waals surface area contributed by atoms with Crippen LogP contribution < -0.4 is 5.32 Å². The number of aliphatic hydroxyl groups excluding tert-OH is 1. The maximum absolute atomic E-state index is 11.3. The second-order valence-electron chi connectivity index (χ2n) is 4.53. The summed E-state index contributed by atoms with van der Waals surface area (Å²) in [5, 5.41) is 11.9. The highest BCUT2D eigenvalue weighted by Crippen LogP contribution is 2.34. The molecule has 1 amide bonds. The minimum absolute atomic E-state index is 0.0153. The number of ether oxygens (including phenoxy) is 1. The molecule has 0 aromatic heterocycles. The van der Waals surface area contributed by atoms with Crippen molar-refractivity contribution in [1.82, 2.24) is 0 Å². The molecule has 0 bridgehead atoms. The van der Waals surface area contributed by atoms with Crippen LogP contribution in [-0.2, 0) is 4.74 Å². The molecule has 0 atom stereocenters. The van der Waals surface area contributed by atoms with E-state index in [-0.39, 0.29) is 13.2 Å². The standard InChI is InChI=1S/C14H19NO3S/c16-9-10-18-14(17)15-11-5-7-13(8-6-11)19-12-3-1-2-4-12/h5-8,12,16H,1-4,9-10H2,(H,15,17). The summed E-state index contributed by atoms with van der Waals surface area (Å²) >= 11 is 1.92. The first kappa shape index (κ1) is 14.2. The summed E-state index contributed by atoms with van der Waals surface area (Å²) in [6.07, 6.45) is 4.75. The van der Waals surface area contributed by atoms with Crippen LogP contribution in [0.2, 0.25) is 0 Å². The highest BCUT2D eigenvalue weighted by molar-refractivity contribution is 8.00. The van der Waals surface area contributed by atoms with Gasteiger partial charge in [-0.05, 0) is 37.1 Å². The van der Waals surface area contributed by atoms with Crippen molar-refractivity contribution in [3.8, 4) is 0 Å². The fourth-order valence-corrected chi connectivity index (χ4v) is 3.35. The molecular formula is C14H19NO3S. The van der Waals surface area contributed by atoms with Gasteiger partial charge < -0.3 is 9.84 Å². The van der Waals surface area contributed by atoms with Gasteiger partial charge in [-0.25, -0.2) is 4.79 Å². The lowest BCUT2D eigenvalue weighted by Gasteiger charge is -2.10. The molecule has 1 aromatic rings. The van der Waals surface area contributed by atoms with Crippen molar-refractivity contribution in [3.63, 3.8) is 0 Å². The fraction of sp³-hybridized carbons (Fsp3) is 0.500. The number of hydrogen-bond acceptors (Lipinski definition) is 4. The molecule has 104 valence electrons. The van der Waals surface area contributed by atoms with E-state index in [1.807, 2.05) is 36.0 Å². The number of aliphatic hydroxyl groups is 1. The van der Waals surface area contributed by atoms with Crippen molar-refractivity contribution in [1.29, 1.82) is 0 Å². The van der Waals surface area contributed by atoms with Gasteiger partial charge >= 0.3 is 6.09 Å². The number of rotatable bonds is 5. The Hall–Kier alpha value is -1.20. The van der Waals surface area contributed by atoms with E-state index in [1.165, 1.54) is 30.6 Å². The fourth-order valence-electron chi connectivity index (χ4n) is 2.11. The lowest BCUT2D eigenvalue weighted by molar-refractivity contribution is 0.131. The van der Waals surface area contributed by atoms with Gasteiger partial charge in [-0.15, -0.1) is 11.8 Å². The van der Waals surface area contributed by atoms with Gasteiger partial charge in [0.1, 0.15) is 6.61 Å². The average Bonchev–Trinajstić information content (AvgIpc) is 2.91. The van der Waals surface area contributed by atoms with E-state index < -0.39 is 6.09 Å². The summed E-state index contributed by atoms with van der Waals surface area (Å²) < 4.78 is 4.73. The van der Waals surface area contributed by atoms with Crippen molar-refractivity contribution in [2.24, 2.45) is 0 Å². The normalized spacial score (nSPS) is 15.4. The molecule has 2 N–H and O–H groups in total. The average molecular weight is 281 g/mol. The number of anilines is 1. The van der Waals surface area contributed by atoms with Crippen LogP contribution in [0.4, 0.5) is 10.5 Å². The smallest absolute Gasteiger partial charge is 0.411 e. The second kappa shape index (κ2) is 7.40. The number of amides is 1. The van der Waals surface area contributed by atoms with E-state index in [9.17, 15) is 4.79 Å². The van der Waals surface area contributed by atoms with Crippen LogP contribution in [-0.4, -0.2) is 29.7 Å². The Morgan fingerprint density at radius 3 is 2.63 bits per heavy atom. The predicted octanol–water partition coefficient (Wildman–Crippen LogP) is 3.26. The van der Waals surface area contributed by atoms with Gasteiger partial charge in [0.2, 0.25) is 0 Å². The second-order valence-corrected chi connectivity index (χ2v) is 5.91. The largest absolute Gasteiger partial charge is 0.447 e. The summed E-state index contributed by atoms with van der Waals surface area (Å²) in [5.41, 5.74) is 0.707. The third-order valence-corrected chi connectivity index (χ3v) is 4.38.